The molecule has 2 heterocycles. The van der Waals surface area contributed by atoms with Crippen molar-refractivity contribution in [3.8, 4) is 5.88 Å². The highest BCUT2D eigenvalue weighted by atomic mass is 19.1. The molecule has 2 bridgehead atoms. The number of hydrazone groups is 1. The fourth-order valence-electron chi connectivity index (χ4n) is 5.40. The van der Waals surface area contributed by atoms with E-state index in [1.807, 2.05) is 0 Å². The number of carbonyl (C=O) groups excluding carboxylic acids is 1. The van der Waals surface area contributed by atoms with Crippen LogP contribution in [0.1, 0.15) is 49.2 Å². The van der Waals surface area contributed by atoms with Gasteiger partial charge in [0, 0.05) is 36.1 Å². The molecule has 9 heteroatoms. The van der Waals surface area contributed by atoms with Crippen LogP contribution in [-0.4, -0.2) is 34.2 Å². The Kier molecular flexibility index (Phi) is 4.71. The van der Waals surface area contributed by atoms with E-state index in [1.54, 1.807) is 6.21 Å². The van der Waals surface area contributed by atoms with Gasteiger partial charge in [-0.3, -0.25) is 4.79 Å². The van der Waals surface area contributed by atoms with Gasteiger partial charge < -0.3 is 4.74 Å². The molecular weight excluding hydrogens is 409 g/mol. The van der Waals surface area contributed by atoms with Gasteiger partial charge in [-0.25, -0.2) is 28.1 Å². The molecule has 2 aromatic rings. The minimum absolute atomic E-state index is 0.0650. The largest absolute Gasteiger partial charge is 0.481 e. The molecule has 0 N–H and O–H groups in total. The van der Waals surface area contributed by atoms with E-state index >= 15 is 4.39 Å². The summed E-state index contributed by atoms with van der Waals surface area (Å²) in [5.41, 5.74) is -0.0283. The van der Waals surface area contributed by atoms with Gasteiger partial charge in [-0.2, -0.15) is 5.10 Å². The lowest BCUT2D eigenvalue weighted by molar-refractivity contribution is -0.138. The van der Waals surface area contributed by atoms with Crippen molar-refractivity contribution >= 4 is 12.1 Å². The molecule has 162 valence electrons. The third-order valence-corrected chi connectivity index (χ3v) is 6.85. The van der Waals surface area contributed by atoms with Gasteiger partial charge in [-0.05, 0) is 42.9 Å². The van der Waals surface area contributed by atoms with Crippen molar-refractivity contribution in [2.24, 2.45) is 22.4 Å². The number of aromatic nitrogens is 2. The summed E-state index contributed by atoms with van der Waals surface area (Å²) in [5, 5.41) is 5.50. The fraction of sp³-hybridized carbons (Fsp3) is 0.455. The Hall–Kier alpha value is -2.97. The average Bonchev–Trinajstić information content (AvgIpc) is 3.45. The number of carbonyl (C=O) groups is 1. The second-order valence-corrected chi connectivity index (χ2v) is 8.62. The van der Waals surface area contributed by atoms with Gasteiger partial charge in [0.15, 0.2) is 0 Å². The third kappa shape index (κ3) is 3.26. The number of fused-ring (bicyclic) bond motifs is 1. The number of nitrogens with zero attached hydrogens (tertiary/aromatic N) is 4. The zero-order valence-corrected chi connectivity index (χ0v) is 16.8. The Morgan fingerprint density at radius 1 is 1.16 bits per heavy atom. The fourth-order valence-corrected chi connectivity index (χ4v) is 5.40. The summed E-state index contributed by atoms with van der Waals surface area (Å²) in [5.74, 6) is -1.63. The first-order valence-corrected chi connectivity index (χ1v) is 10.2. The van der Waals surface area contributed by atoms with Gasteiger partial charge >= 0.3 is 0 Å². The molecule has 0 radical (unpaired) electrons. The molecule has 1 aromatic heterocycles. The number of alkyl halides is 1. The highest BCUT2D eigenvalue weighted by Crippen LogP contribution is 2.68. The maximum Gasteiger partial charge on any atom is 0.246 e. The summed E-state index contributed by atoms with van der Waals surface area (Å²) in [7, 11) is 1.46. The molecule has 3 atom stereocenters. The Balaban J connectivity index is 1.34. The number of benzene rings is 1. The topological polar surface area (TPSA) is 67.7 Å². The van der Waals surface area contributed by atoms with Crippen LogP contribution in [0.25, 0.3) is 0 Å². The molecule has 2 unspecified atom stereocenters. The van der Waals surface area contributed by atoms with Crippen LogP contribution in [0.2, 0.25) is 0 Å². The van der Waals surface area contributed by atoms with Crippen LogP contribution in [0.5, 0.6) is 5.88 Å². The molecule has 3 aliphatic carbocycles. The number of hydrogen-bond donors (Lipinski definition) is 0. The van der Waals surface area contributed by atoms with Crippen molar-refractivity contribution in [1.82, 2.24) is 15.0 Å². The molecule has 6 rings (SSSR count). The minimum atomic E-state index is -1.33. The van der Waals surface area contributed by atoms with Gasteiger partial charge in [0.25, 0.3) is 0 Å². The maximum atomic E-state index is 15.4. The lowest BCUT2D eigenvalue weighted by Crippen LogP contribution is -2.36. The van der Waals surface area contributed by atoms with Gasteiger partial charge in [0.05, 0.1) is 18.8 Å². The summed E-state index contributed by atoms with van der Waals surface area (Å²) >= 11 is 0. The SMILES string of the molecule is COc1cc(C(F)C23CC(C2)[C@@H](C(=O)N2N=CCC2c2cc(F)cc(F)c2)C3)ncn1. The van der Waals surface area contributed by atoms with Crippen LogP contribution >= 0.6 is 0 Å². The van der Waals surface area contributed by atoms with Gasteiger partial charge in [-0.1, -0.05) is 0 Å². The smallest absolute Gasteiger partial charge is 0.246 e. The highest BCUT2D eigenvalue weighted by molar-refractivity contribution is 5.83. The van der Waals surface area contributed by atoms with E-state index in [9.17, 15) is 13.6 Å². The molecule has 0 saturated heterocycles. The first-order valence-electron chi connectivity index (χ1n) is 10.2. The van der Waals surface area contributed by atoms with Crippen molar-refractivity contribution in [3.05, 3.63) is 53.5 Å². The van der Waals surface area contributed by atoms with E-state index in [0.717, 1.165) is 6.07 Å². The number of rotatable bonds is 5. The quantitative estimate of drug-likeness (QED) is 0.715. The zero-order valence-electron chi connectivity index (χ0n) is 16.8. The van der Waals surface area contributed by atoms with Crippen molar-refractivity contribution in [1.29, 1.82) is 0 Å². The summed E-state index contributed by atoms with van der Waals surface area (Å²) in [4.78, 5) is 21.3. The Morgan fingerprint density at radius 3 is 2.61 bits per heavy atom. The number of ether oxygens (including phenoxy) is 1. The normalized spacial score (nSPS) is 29.7. The molecular formula is C22H21F3N4O2. The number of hydrogen-bond acceptors (Lipinski definition) is 5. The Bertz CT molecular complexity index is 1040. The van der Waals surface area contributed by atoms with Crippen LogP contribution in [0.3, 0.4) is 0 Å². The van der Waals surface area contributed by atoms with Crippen molar-refractivity contribution in [3.63, 3.8) is 0 Å². The summed E-state index contributed by atoms with van der Waals surface area (Å²) < 4.78 is 47.9. The maximum absolute atomic E-state index is 15.4. The van der Waals surface area contributed by atoms with Crippen LogP contribution in [0, 0.1) is 28.9 Å². The van der Waals surface area contributed by atoms with Gasteiger partial charge in [0.1, 0.15) is 24.1 Å². The standard InChI is InChI=1S/C22H21F3N4O2/c1-31-19-7-17(26-11-27-19)20(25)22-8-13(9-22)16(10-22)21(30)29-18(2-3-28-29)12-4-14(23)6-15(24)5-12/h3-7,11,13,16,18,20H,2,8-10H2,1H3/t13?,16-,18?,20?,22?/m0/s1. The van der Waals surface area contributed by atoms with E-state index in [0.29, 0.717) is 37.1 Å². The second kappa shape index (κ2) is 7.32. The molecule has 1 aromatic carbocycles. The average molecular weight is 430 g/mol. The summed E-state index contributed by atoms with van der Waals surface area (Å²) in [6, 6.07) is 4.17. The molecule has 31 heavy (non-hydrogen) atoms. The highest BCUT2D eigenvalue weighted by Gasteiger charge is 2.63. The molecule has 3 saturated carbocycles. The lowest BCUT2D eigenvalue weighted by atomic mass is 9.65. The summed E-state index contributed by atoms with van der Waals surface area (Å²) in [6.07, 6.45) is 3.47. The molecule has 1 amide bonds. The van der Waals surface area contributed by atoms with Gasteiger partial charge in [0.2, 0.25) is 11.8 Å². The first-order chi connectivity index (χ1) is 14.9. The first kappa shape index (κ1) is 20.0. The number of amides is 1. The van der Waals surface area contributed by atoms with Crippen molar-refractivity contribution < 1.29 is 22.7 Å². The molecule has 6 nitrogen and oxygen atoms in total. The Labute approximate surface area is 177 Å². The lowest BCUT2D eigenvalue weighted by Gasteiger charge is -2.40. The van der Waals surface area contributed by atoms with E-state index < -0.39 is 29.3 Å². The molecule has 1 aliphatic heterocycles. The number of halogens is 3. The van der Waals surface area contributed by atoms with Crippen LogP contribution < -0.4 is 4.74 Å². The summed E-state index contributed by atoms with van der Waals surface area (Å²) in [6.45, 7) is 0. The minimum Gasteiger partial charge on any atom is -0.481 e. The van der Waals surface area contributed by atoms with Crippen molar-refractivity contribution in [2.45, 2.75) is 37.9 Å². The molecule has 0 spiro atoms. The van der Waals surface area contributed by atoms with Crippen LogP contribution in [0.4, 0.5) is 13.2 Å². The third-order valence-electron chi connectivity index (χ3n) is 6.85. The monoisotopic (exact) mass is 430 g/mol. The van der Waals surface area contributed by atoms with E-state index in [-0.39, 0.29) is 23.4 Å². The van der Waals surface area contributed by atoms with E-state index in [4.69, 9.17) is 4.74 Å². The molecule has 3 fully saturated rings. The predicted molar refractivity (Wildman–Crippen MR) is 105 cm³/mol. The Morgan fingerprint density at radius 2 is 1.90 bits per heavy atom. The van der Waals surface area contributed by atoms with Crippen molar-refractivity contribution in [2.75, 3.05) is 7.11 Å². The van der Waals surface area contributed by atoms with Crippen LogP contribution in [0.15, 0.2) is 35.7 Å². The molecule has 4 aliphatic rings. The van der Waals surface area contributed by atoms with E-state index in [2.05, 4.69) is 15.1 Å². The number of methoxy groups -OCH3 is 1. The second-order valence-electron chi connectivity index (χ2n) is 8.62. The van der Waals surface area contributed by atoms with E-state index in [1.165, 1.54) is 36.6 Å². The van der Waals surface area contributed by atoms with Gasteiger partial charge in [-0.15, -0.1) is 0 Å². The predicted octanol–water partition coefficient (Wildman–Crippen LogP) is 4.15. The van der Waals surface area contributed by atoms with Crippen LogP contribution in [-0.2, 0) is 4.79 Å². The zero-order chi connectivity index (χ0) is 21.8.